The largest absolute Gasteiger partial charge is 0.336 e. The molecule has 3 rings (SSSR count). The van der Waals surface area contributed by atoms with E-state index in [1.165, 1.54) is 12.1 Å². The van der Waals surface area contributed by atoms with E-state index in [4.69, 9.17) is 0 Å². The Hall–Kier alpha value is -2.74. The van der Waals surface area contributed by atoms with Gasteiger partial charge in [0, 0.05) is 38.0 Å². The number of nitrogens with one attached hydrogen (secondary N) is 1. The van der Waals surface area contributed by atoms with Gasteiger partial charge in [-0.2, -0.15) is 5.10 Å². The highest BCUT2D eigenvalue weighted by molar-refractivity contribution is 5.92. The molecule has 0 radical (unpaired) electrons. The molecule has 0 bridgehead atoms. The summed E-state index contributed by atoms with van der Waals surface area (Å²) in [5.41, 5.74) is 1.08. The van der Waals surface area contributed by atoms with Crippen LogP contribution in [0.1, 0.15) is 16.9 Å². The molecule has 1 aliphatic rings. The number of hydrogen-bond donors (Lipinski definition) is 1. The number of non-ortho nitro benzene ring substituents is 1. The van der Waals surface area contributed by atoms with Crippen molar-refractivity contribution in [1.82, 2.24) is 20.0 Å². The van der Waals surface area contributed by atoms with Crippen molar-refractivity contribution in [2.75, 3.05) is 26.2 Å². The number of carbonyl (C=O) groups is 1. The topological polar surface area (TPSA) is 93.3 Å². The molecule has 0 spiro atoms. The molecule has 1 aromatic carbocycles. The zero-order chi connectivity index (χ0) is 16.2. The summed E-state index contributed by atoms with van der Waals surface area (Å²) in [6, 6.07) is 7.71. The van der Waals surface area contributed by atoms with Gasteiger partial charge in [-0.25, -0.2) is 4.68 Å². The molecule has 1 N–H and O–H groups in total. The Morgan fingerprint density at radius 1 is 1.17 bits per heavy atom. The molecule has 2 aromatic rings. The van der Waals surface area contributed by atoms with E-state index in [0.29, 0.717) is 17.9 Å². The third-order valence-electron chi connectivity index (χ3n) is 3.76. The fourth-order valence-electron chi connectivity index (χ4n) is 2.52. The molecular formula is C15H17N5O3. The van der Waals surface area contributed by atoms with Crippen LogP contribution in [0.25, 0.3) is 5.69 Å². The van der Waals surface area contributed by atoms with Gasteiger partial charge in [-0.15, -0.1) is 0 Å². The number of aromatic nitrogens is 2. The van der Waals surface area contributed by atoms with Gasteiger partial charge in [-0.1, -0.05) is 0 Å². The van der Waals surface area contributed by atoms with Crippen LogP contribution < -0.4 is 5.32 Å². The third kappa shape index (κ3) is 3.37. The van der Waals surface area contributed by atoms with Crippen molar-refractivity contribution in [3.8, 4) is 5.69 Å². The average Bonchev–Trinajstić information content (AvgIpc) is 2.90. The summed E-state index contributed by atoms with van der Waals surface area (Å²) < 4.78 is 1.55. The summed E-state index contributed by atoms with van der Waals surface area (Å²) in [4.78, 5) is 24.5. The van der Waals surface area contributed by atoms with E-state index in [1.807, 2.05) is 0 Å². The standard InChI is InChI=1S/C15H17N5O3/c21-15(18-9-1-7-16-8-11-18)14-6-10-19(17-14)12-2-4-13(5-3-12)20(22)23/h2-6,10,16H,1,7-9,11H2. The van der Waals surface area contributed by atoms with Crippen molar-refractivity contribution in [2.24, 2.45) is 0 Å². The number of hydrogen-bond acceptors (Lipinski definition) is 5. The van der Waals surface area contributed by atoms with E-state index in [0.717, 1.165) is 26.1 Å². The third-order valence-corrected chi connectivity index (χ3v) is 3.76. The first-order valence-electron chi connectivity index (χ1n) is 7.45. The number of benzene rings is 1. The molecule has 1 aromatic heterocycles. The second-order valence-electron chi connectivity index (χ2n) is 5.31. The van der Waals surface area contributed by atoms with Crippen molar-refractivity contribution >= 4 is 11.6 Å². The van der Waals surface area contributed by atoms with Gasteiger partial charge >= 0.3 is 0 Å². The molecule has 0 saturated carbocycles. The van der Waals surface area contributed by atoms with Gasteiger partial charge in [0.15, 0.2) is 5.69 Å². The van der Waals surface area contributed by atoms with Gasteiger partial charge in [0.2, 0.25) is 0 Å². The molecule has 8 heteroatoms. The van der Waals surface area contributed by atoms with Gasteiger partial charge in [0.25, 0.3) is 11.6 Å². The van der Waals surface area contributed by atoms with Crippen molar-refractivity contribution in [2.45, 2.75) is 6.42 Å². The molecular weight excluding hydrogens is 298 g/mol. The SMILES string of the molecule is O=C(c1ccn(-c2ccc([N+](=O)[O-])cc2)n1)N1CCCNCC1. The number of nitrogens with zero attached hydrogens (tertiary/aromatic N) is 4. The second-order valence-corrected chi connectivity index (χ2v) is 5.31. The molecule has 0 unspecified atom stereocenters. The van der Waals surface area contributed by atoms with Gasteiger partial charge in [-0.3, -0.25) is 14.9 Å². The van der Waals surface area contributed by atoms with Crippen molar-refractivity contribution in [1.29, 1.82) is 0 Å². The van der Waals surface area contributed by atoms with E-state index < -0.39 is 4.92 Å². The van der Waals surface area contributed by atoms with E-state index in [-0.39, 0.29) is 11.6 Å². The van der Waals surface area contributed by atoms with Crippen LogP contribution in [0.2, 0.25) is 0 Å². The fraction of sp³-hybridized carbons (Fsp3) is 0.333. The Morgan fingerprint density at radius 3 is 2.70 bits per heavy atom. The lowest BCUT2D eigenvalue weighted by Crippen LogP contribution is -2.34. The molecule has 1 saturated heterocycles. The van der Waals surface area contributed by atoms with Gasteiger partial charge in [0.05, 0.1) is 10.6 Å². The quantitative estimate of drug-likeness (QED) is 0.679. The van der Waals surface area contributed by atoms with Crippen LogP contribution >= 0.6 is 0 Å². The molecule has 120 valence electrons. The number of carbonyl (C=O) groups excluding carboxylic acids is 1. The van der Waals surface area contributed by atoms with Crippen LogP contribution in [-0.4, -0.2) is 51.7 Å². The first-order valence-corrected chi connectivity index (χ1v) is 7.45. The molecule has 0 atom stereocenters. The minimum absolute atomic E-state index is 0.0225. The Morgan fingerprint density at radius 2 is 1.96 bits per heavy atom. The summed E-state index contributed by atoms with van der Waals surface area (Å²) in [5.74, 6) is -0.0886. The molecule has 8 nitrogen and oxygen atoms in total. The van der Waals surface area contributed by atoms with Crippen molar-refractivity contribution in [3.63, 3.8) is 0 Å². The van der Waals surface area contributed by atoms with Crippen molar-refractivity contribution in [3.05, 3.63) is 52.3 Å². The number of amides is 1. The Labute approximate surface area is 132 Å². The summed E-state index contributed by atoms with van der Waals surface area (Å²) >= 11 is 0. The minimum atomic E-state index is -0.449. The lowest BCUT2D eigenvalue weighted by atomic mass is 10.3. The number of nitro groups is 1. The Balaban J connectivity index is 1.76. The predicted octanol–water partition coefficient (Wildman–Crippen LogP) is 1.22. The van der Waals surface area contributed by atoms with Crippen LogP contribution in [0.15, 0.2) is 36.5 Å². The Kier molecular flexibility index (Phi) is 4.33. The van der Waals surface area contributed by atoms with E-state index in [2.05, 4.69) is 10.4 Å². The van der Waals surface area contributed by atoms with Crippen LogP contribution in [0.4, 0.5) is 5.69 Å². The lowest BCUT2D eigenvalue weighted by molar-refractivity contribution is -0.384. The summed E-state index contributed by atoms with van der Waals surface area (Å²) in [6.45, 7) is 3.09. The second kappa shape index (κ2) is 6.57. The maximum atomic E-state index is 12.5. The monoisotopic (exact) mass is 315 g/mol. The van der Waals surface area contributed by atoms with Crippen LogP contribution in [0, 0.1) is 10.1 Å². The molecule has 0 aliphatic carbocycles. The molecule has 2 heterocycles. The van der Waals surface area contributed by atoms with Gasteiger partial charge in [0.1, 0.15) is 0 Å². The fourth-order valence-corrected chi connectivity index (χ4v) is 2.52. The maximum absolute atomic E-state index is 12.5. The van der Waals surface area contributed by atoms with Crippen LogP contribution in [-0.2, 0) is 0 Å². The number of nitro benzene ring substituents is 1. The summed E-state index contributed by atoms with van der Waals surface area (Å²) in [5, 5.41) is 18.2. The van der Waals surface area contributed by atoms with Gasteiger partial charge in [-0.05, 0) is 31.2 Å². The summed E-state index contributed by atoms with van der Waals surface area (Å²) in [7, 11) is 0. The summed E-state index contributed by atoms with van der Waals surface area (Å²) in [6.07, 6.45) is 2.61. The zero-order valence-electron chi connectivity index (χ0n) is 12.5. The highest BCUT2D eigenvalue weighted by Gasteiger charge is 2.19. The van der Waals surface area contributed by atoms with E-state index >= 15 is 0 Å². The van der Waals surface area contributed by atoms with E-state index in [9.17, 15) is 14.9 Å². The smallest absolute Gasteiger partial charge is 0.274 e. The molecule has 23 heavy (non-hydrogen) atoms. The van der Waals surface area contributed by atoms with Crippen LogP contribution in [0.5, 0.6) is 0 Å². The molecule has 1 fully saturated rings. The van der Waals surface area contributed by atoms with Gasteiger partial charge < -0.3 is 10.2 Å². The first kappa shape index (κ1) is 15.2. The lowest BCUT2D eigenvalue weighted by Gasteiger charge is -2.18. The zero-order valence-corrected chi connectivity index (χ0v) is 12.5. The molecule has 1 amide bonds. The predicted molar refractivity (Wildman–Crippen MR) is 83.6 cm³/mol. The first-order chi connectivity index (χ1) is 11.1. The van der Waals surface area contributed by atoms with Crippen LogP contribution in [0.3, 0.4) is 0 Å². The minimum Gasteiger partial charge on any atom is -0.336 e. The highest BCUT2D eigenvalue weighted by Crippen LogP contribution is 2.15. The highest BCUT2D eigenvalue weighted by atomic mass is 16.6. The molecule has 1 aliphatic heterocycles. The van der Waals surface area contributed by atoms with E-state index in [1.54, 1.807) is 34.0 Å². The van der Waals surface area contributed by atoms with Crippen molar-refractivity contribution < 1.29 is 9.72 Å². The maximum Gasteiger partial charge on any atom is 0.274 e. The number of rotatable bonds is 3. The Bertz CT molecular complexity index is 702. The normalized spacial score (nSPS) is 15.2. The average molecular weight is 315 g/mol.